The van der Waals surface area contributed by atoms with Gasteiger partial charge < -0.3 is 4.57 Å². The fourth-order valence-corrected chi connectivity index (χ4v) is 3.77. The molecule has 0 atom stereocenters. The summed E-state index contributed by atoms with van der Waals surface area (Å²) in [5.74, 6) is 1.78. The number of imidazole rings is 1. The van der Waals surface area contributed by atoms with Crippen LogP contribution < -0.4 is 0 Å². The maximum Gasteiger partial charge on any atom is 0.175 e. The van der Waals surface area contributed by atoms with Crippen molar-refractivity contribution in [3.8, 4) is 5.69 Å². The molecular formula is C12H12N2O2S2. The van der Waals surface area contributed by atoms with Crippen LogP contribution in [0, 0.1) is 6.92 Å². The number of hydrogen-bond acceptors (Lipinski definition) is 4. The molecule has 94 valence electrons. The van der Waals surface area contributed by atoms with Gasteiger partial charge in [-0.05, 0) is 25.1 Å². The molecule has 1 aromatic heterocycles. The molecule has 1 aliphatic heterocycles. The van der Waals surface area contributed by atoms with Crippen molar-refractivity contribution in [2.45, 2.75) is 22.5 Å². The molecule has 0 saturated carbocycles. The predicted octanol–water partition coefficient (Wildman–Crippen LogP) is 2.19. The highest BCUT2D eigenvalue weighted by molar-refractivity contribution is 7.98. The van der Waals surface area contributed by atoms with Crippen molar-refractivity contribution >= 4 is 21.6 Å². The van der Waals surface area contributed by atoms with Crippen LogP contribution >= 0.6 is 11.8 Å². The van der Waals surface area contributed by atoms with E-state index in [1.165, 1.54) is 6.26 Å². The maximum absolute atomic E-state index is 11.5. The largest absolute Gasteiger partial charge is 0.302 e. The Bertz CT molecular complexity index is 733. The summed E-state index contributed by atoms with van der Waals surface area (Å²) < 4.78 is 25.1. The highest BCUT2D eigenvalue weighted by Crippen LogP contribution is 2.36. The van der Waals surface area contributed by atoms with Gasteiger partial charge in [-0.1, -0.05) is 0 Å². The summed E-state index contributed by atoms with van der Waals surface area (Å²) in [5.41, 5.74) is 1.99. The van der Waals surface area contributed by atoms with Crippen molar-refractivity contribution in [3.05, 3.63) is 35.9 Å². The molecule has 0 fully saturated rings. The molecule has 0 N–H and O–H groups in total. The molecule has 1 aromatic carbocycles. The molecule has 0 radical (unpaired) electrons. The van der Waals surface area contributed by atoms with Gasteiger partial charge >= 0.3 is 0 Å². The summed E-state index contributed by atoms with van der Waals surface area (Å²) in [6.45, 7) is 1.96. The van der Waals surface area contributed by atoms with E-state index in [-0.39, 0.29) is 0 Å². The third-order valence-electron chi connectivity index (χ3n) is 2.88. The Morgan fingerprint density at radius 2 is 2.17 bits per heavy atom. The van der Waals surface area contributed by atoms with Crippen LogP contribution in [0.15, 0.2) is 34.2 Å². The molecule has 2 heterocycles. The minimum absolute atomic E-state index is 0.369. The van der Waals surface area contributed by atoms with E-state index in [1.807, 2.05) is 23.8 Å². The molecule has 3 rings (SSSR count). The van der Waals surface area contributed by atoms with Gasteiger partial charge in [-0.3, -0.25) is 0 Å². The second-order valence-electron chi connectivity index (χ2n) is 4.36. The van der Waals surface area contributed by atoms with Gasteiger partial charge in [0.15, 0.2) is 9.84 Å². The average molecular weight is 280 g/mol. The van der Waals surface area contributed by atoms with Crippen molar-refractivity contribution in [2.24, 2.45) is 0 Å². The van der Waals surface area contributed by atoms with E-state index in [9.17, 15) is 8.42 Å². The standard InChI is InChI=1S/C12H12N2O2S2/c1-8-6-14-10-4-3-9(18(2,15)16)5-11(10)17-7-12(14)13-8/h3-6H,7H2,1-2H3. The first-order valence-electron chi connectivity index (χ1n) is 5.47. The maximum atomic E-state index is 11.5. The van der Waals surface area contributed by atoms with Gasteiger partial charge in [-0.25, -0.2) is 13.4 Å². The van der Waals surface area contributed by atoms with Gasteiger partial charge in [0.2, 0.25) is 0 Å². The van der Waals surface area contributed by atoms with E-state index in [0.717, 1.165) is 27.9 Å². The van der Waals surface area contributed by atoms with Gasteiger partial charge in [0.05, 0.1) is 22.0 Å². The van der Waals surface area contributed by atoms with E-state index in [0.29, 0.717) is 4.90 Å². The lowest BCUT2D eigenvalue weighted by Gasteiger charge is -2.18. The third-order valence-corrected chi connectivity index (χ3v) is 5.03. The first kappa shape index (κ1) is 11.8. The minimum atomic E-state index is -3.15. The summed E-state index contributed by atoms with van der Waals surface area (Å²) in [6, 6.07) is 5.25. The van der Waals surface area contributed by atoms with Crippen molar-refractivity contribution in [1.29, 1.82) is 0 Å². The van der Waals surface area contributed by atoms with Crippen LogP contribution in [0.5, 0.6) is 0 Å². The molecular weight excluding hydrogens is 268 g/mol. The fraction of sp³-hybridized carbons (Fsp3) is 0.250. The minimum Gasteiger partial charge on any atom is -0.302 e. The molecule has 0 spiro atoms. The highest BCUT2D eigenvalue weighted by atomic mass is 32.2. The first-order valence-corrected chi connectivity index (χ1v) is 8.35. The van der Waals surface area contributed by atoms with E-state index in [4.69, 9.17) is 0 Å². The second kappa shape index (κ2) is 3.86. The Kier molecular flexibility index (Phi) is 2.53. The van der Waals surface area contributed by atoms with Gasteiger partial charge in [-0.15, -0.1) is 11.8 Å². The summed E-state index contributed by atoms with van der Waals surface area (Å²) in [6.07, 6.45) is 3.21. The normalized spacial score (nSPS) is 14.1. The van der Waals surface area contributed by atoms with Crippen LogP contribution in [0.25, 0.3) is 5.69 Å². The quantitative estimate of drug-likeness (QED) is 0.803. The third kappa shape index (κ3) is 1.85. The van der Waals surface area contributed by atoms with Crippen LogP contribution in [-0.4, -0.2) is 24.2 Å². The summed E-state index contributed by atoms with van der Waals surface area (Å²) in [5, 5.41) is 0. The zero-order valence-electron chi connectivity index (χ0n) is 10.0. The Morgan fingerprint density at radius 3 is 2.89 bits per heavy atom. The molecule has 0 bridgehead atoms. The smallest absolute Gasteiger partial charge is 0.175 e. The van der Waals surface area contributed by atoms with Crippen LogP contribution in [0.4, 0.5) is 0 Å². The Hall–Kier alpha value is -1.27. The summed E-state index contributed by atoms with van der Waals surface area (Å²) in [4.78, 5) is 5.80. The lowest BCUT2D eigenvalue weighted by molar-refractivity contribution is 0.601. The van der Waals surface area contributed by atoms with Gasteiger partial charge in [-0.2, -0.15) is 0 Å². The average Bonchev–Trinajstić information content (AvgIpc) is 2.68. The van der Waals surface area contributed by atoms with Gasteiger partial charge in [0, 0.05) is 17.3 Å². The second-order valence-corrected chi connectivity index (χ2v) is 7.39. The molecule has 2 aromatic rings. The van der Waals surface area contributed by atoms with E-state index in [1.54, 1.807) is 23.9 Å². The lowest BCUT2D eigenvalue weighted by Crippen LogP contribution is -2.07. The molecule has 0 aliphatic carbocycles. The molecule has 4 nitrogen and oxygen atoms in total. The topological polar surface area (TPSA) is 52.0 Å². The van der Waals surface area contributed by atoms with Gasteiger partial charge in [0.1, 0.15) is 5.82 Å². The number of aryl methyl sites for hydroxylation is 1. The number of hydrogen-bond donors (Lipinski definition) is 0. The molecule has 1 aliphatic rings. The van der Waals surface area contributed by atoms with Crippen molar-refractivity contribution in [2.75, 3.05) is 6.26 Å². The molecule has 0 saturated heterocycles. The van der Waals surface area contributed by atoms with E-state index in [2.05, 4.69) is 4.98 Å². The number of rotatable bonds is 1. The predicted molar refractivity (Wildman–Crippen MR) is 71.0 cm³/mol. The van der Waals surface area contributed by atoms with Crippen LogP contribution in [0.3, 0.4) is 0 Å². The molecule has 18 heavy (non-hydrogen) atoms. The van der Waals surface area contributed by atoms with Crippen LogP contribution in [-0.2, 0) is 15.6 Å². The SMILES string of the molecule is Cc1cn2c(n1)CSc1cc(S(C)(=O)=O)ccc1-2. The number of fused-ring (bicyclic) bond motifs is 3. The Balaban J connectivity index is 2.19. The monoisotopic (exact) mass is 280 g/mol. The number of nitrogens with zero attached hydrogens (tertiary/aromatic N) is 2. The van der Waals surface area contributed by atoms with E-state index < -0.39 is 9.84 Å². The molecule has 6 heteroatoms. The highest BCUT2D eigenvalue weighted by Gasteiger charge is 2.19. The lowest BCUT2D eigenvalue weighted by atomic mass is 10.3. The zero-order valence-corrected chi connectivity index (χ0v) is 11.7. The molecule has 0 amide bonds. The van der Waals surface area contributed by atoms with Gasteiger partial charge in [0.25, 0.3) is 0 Å². The summed E-state index contributed by atoms with van der Waals surface area (Å²) in [7, 11) is -3.15. The summed E-state index contributed by atoms with van der Waals surface area (Å²) >= 11 is 1.63. The number of thioether (sulfide) groups is 1. The van der Waals surface area contributed by atoms with Crippen molar-refractivity contribution in [3.63, 3.8) is 0 Å². The fourth-order valence-electron chi connectivity index (χ4n) is 2.04. The zero-order chi connectivity index (χ0) is 12.9. The van der Waals surface area contributed by atoms with E-state index >= 15 is 0 Å². The van der Waals surface area contributed by atoms with Crippen molar-refractivity contribution in [1.82, 2.24) is 9.55 Å². The Labute approximate surface area is 110 Å². The number of benzene rings is 1. The van der Waals surface area contributed by atoms with Crippen molar-refractivity contribution < 1.29 is 8.42 Å². The van der Waals surface area contributed by atoms with Crippen LogP contribution in [0.1, 0.15) is 11.5 Å². The first-order chi connectivity index (χ1) is 8.45. The Morgan fingerprint density at radius 1 is 1.39 bits per heavy atom. The van der Waals surface area contributed by atoms with Crippen LogP contribution in [0.2, 0.25) is 0 Å². The number of aromatic nitrogens is 2. The molecule has 0 unspecified atom stereocenters. The number of sulfone groups is 1.